The van der Waals surface area contributed by atoms with Gasteiger partial charge in [-0.25, -0.2) is 0 Å². The van der Waals surface area contributed by atoms with Crippen molar-refractivity contribution in [3.05, 3.63) is 69.3 Å². The summed E-state index contributed by atoms with van der Waals surface area (Å²) in [7, 11) is 0. The maximum absolute atomic E-state index is 12.7. The van der Waals surface area contributed by atoms with Crippen LogP contribution in [-0.2, 0) is 0 Å². The molecule has 3 aromatic rings. The van der Waals surface area contributed by atoms with Crippen LogP contribution in [0.25, 0.3) is 22.2 Å². The van der Waals surface area contributed by atoms with Crippen molar-refractivity contribution >= 4 is 22.5 Å². The number of aliphatic hydroxyl groups excluding tert-OH is 1. The van der Waals surface area contributed by atoms with Gasteiger partial charge in [-0.05, 0) is 24.6 Å². The first-order valence-corrected chi connectivity index (χ1v) is 7.05. The van der Waals surface area contributed by atoms with E-state index in [1.54, 1.807) is 25.1 Å². The molecule has 0 bridgehead atoms. The van der Waals surface area contributed by atoms with Crippen molar-refractivity contribution in [2.75, 3.05) is 0 Å². The molecule has 3 rings (SSSR count). The van der Waals surface area contributed by atoms with Gasteiger partial charge in [0.1, 0.15) is 0 Å². The molecule has 1 heterocycles. The molecule has 106 valence electrons. The van der Waals surface area contributed by atoms with Crippen molar-refractivity contribution in [2.45, 2.75) is 13.0 Å². The van der Waals surface area contributed by atoms with E-state index >= 15 is 0 Å². The van der Waals surface area contributed by atoms with Crippen molar-refractivity contribution in [2.24, 2.45) is 0 Å². The van der Waals surface area contributed by atoms with E-state index < -0.39 is 6.10 Å². The molecule has 0 saturated carbocycles. The van der Waals surface area contributed by atoms with Crippen LogP contribution in [0.5, 0.6) is 0 Å². The smallest absolute Gasteiger partial charge is 0.197 e. The molecule has 1 atom stereocenters. The largest absolute Gasteiger partial charge is 0.388 e. The number of aromatic nitrogens is 1. The first kappa shape index (κ1) is 13.9. The lowest BCUT2D eigenvalue weighted by atomic mass is 9.99. The molecule has 4 heteroatoms. The molecule has 0 radical (unpaired) electrons. The third-order valence-corrected chi connectivity index (χ3v) is 3.81. The van der Waals surface area contributed by atoms with Crippen LogP contribution >= 0.6 is 11.6 Å². The predicted octanol–water partition coefficient (Wildman–Crippen LogP) is 3.90. The number of fused-ring (bicyclic) bond motifs is 1. The zero-order valence-electron chi connectivity index (χ0n) is 11.4. The molecule has 21 heavy (non-hydrogen) atoms. The highest BCUT2D eigenvalue weighted by Crippen LogP contribution is 2.28. The van der Waals surface area contributed by atoms with Crippen LogP contribution in [0.4, 0.5) is 0 Å². The molecule has 0 saturated heterocycles. The molecule has 0 amide bonds. The minimum Gasteiger partial charge on any atom is -0.388 e. The van der Waals surface area contributed by atoms with Gasteiger partial charge in [-0.1, -0.05) is 48.0 Å². The molecule has 0 spiro atoms. The van der Waals surface area contributed by atoms with Crippen LogP contribution in [0.3, 0.4) is 0 Å². The molecular formula is C17H14ClNO2. The van der Waals surface area contributed by atoms with Crippen LogP contribution in [0.2, 0.25) is 5.02 Å². The zero-order valence-corrected chi connectivity index (χ0v) is 12.2. The lowest BCUT2D eigenvalue weighted by Gasteiger charge is -2.14. The average Bonchev–Trinajstić information content (AvgIpc) is 2.47. The Morgan fingerprint density at radius 3 is 2.48 bits per heavy atom. The first-order valence-electron chi connectivity index (χ1n) is 6.67. The third-order valence-electron chi connectivity index (χ3n) is 3.49. The number of nitrogens with one attached hydrogen (secondary N) is 1. The standard InChI is InChI=1S/C17H14ClNO2/c1-10(20)14-16(11-6-3-2-4-7-11)19-13-9-5-8-12(18)15(13)17(14)21/h2-10,20H,1H3,(H,19,21). The summed E-state index contributed by atoms with van der Waals surface area (Å²) < 4.78 is 0. The van der Waals surface area contributed by atoms with Gasteiger partial charge in [0.05, 0.1) is 33.3 Å². The Morgan fingerprint density at radius 1 is 1.10 bits per heavy atom. The number of hydrogen-bond donors (Lipinski definition) is 2. The normalized spacial score (nSPS) is 12.5. The van der Waals surface area contributed by atoms with E-state index in [0.29, 0.717) is 27.2 Å². The summed E-state index contributed by atoms with van der Waals surface area (Å²) in [5.41, 5.74) is 2.25. The number of aliphatic hydroxyl groups is 1. The maximum Gasteiger partial charge on any atom is 0.197 e. The summed E-state index contributed by atoms with van der Waals surface area (Å²) in [6, 6.07) is 14.7. The minimum atomic E-state index is -0.885. The van der Waals surface area contributed by atoms with E-state index in [1.165, 1.54) is 0 Å². The number of benzene rings is 2. The molecule has 0 fully saturated rings. The van der Waals surface area contributed by atoms with Crippen molar-refractivity contribution in [1.29, 1.82) is 0 Å². The summed E-state index contributed by atoms with van der Waals surface area (Å²) in [6.45, 7) is 1.58. The molecule has 0 aliphatic rings. The average molecular weight is 300 g/mol. The molecule has 0 aliphatic carbocycles. The number of H-pyrrole nitrogens is 1. The Balaban J connectivity index is 2.45. The van der Waals surface area contributed by atoms with Gasteiger partial charge in [0.25, 0.3) is 0 Å². The van der Waals surface area contributed by atoms with Crippen molar-refractivity contribution in [3.63, 3.8) is 0 Å². The Kier molecular flexibility index (Phi) is 3.53. The topological polar surface area (TPSA) is 53.1 Å². The second kappa shape index (κ2) is 5.35. The number of halogens is 1. The Hall–Kier alpha value is -2.10. The van der Waals surface area contributed by atoms with Crippen LogP contribution in [0, 0.1) is 0 Å². The van der Waals surface area contributed by atoms with E-state index in [-0.39, 0.29) is 5.43 Å². The van der Waals surface area contributed by atoms with Crippen LogP contribution in [0.1, 0.15) is 18.6 Å². The van der Waals surface area contributed by atoms with Crippen LogP contribution in [-0.4, -0.2) is 10.1 Å². The SMILES string of the molecule is CC(O)c1c(-c2ccccc2)[nH]c2cccc(Cl)c2c1=O. The summed E-state index contributed by atoms with van der Waals surface area (Å²) in [6.07, 6.45) is -0.885. The third kappa shape index (κ3) is 2.35. The maximum atomic E-state index is 12.7. The first-order chi connectivity index (χ1) is 10.1. The molecule has 2 N–H and O–H groups in total. The zero-order chi connectivity index (χ0) is 15.0. The van der Waals surface area contributed by atoms with E-state index in [1.807, 2.05) is 30.3 Å². The highest BCUT2D eigenvalue weighted by Gasteiger charge is 2.18. The Morgan fingerprint density at radius 2 is 1.81 bits per heavy atom. The van der Waals surface area contributed by atoms with Gasteiger partial charge in [-0.2, -0.15) is 0 Å². The number of hydrogen-bond acceptors (Lipinski definition) is 2. The van der Waals surface area contributed by atoms with Gasteiger partial charge in [-0.3, -0.25) is 4.79 Å². The van der Waals surface area contributed by atoms with Gasteiger partial charge >= 0.3 is 0 Å². The summed E-state index contributed by atoms with van der Waals surface area (Å²) in [4.78, 5) is 16.0. The number of pyridine rings is 1. The molecular weight excluding hydrogens is 286 g/mol. The minimum absolute atomic E-state index is 0.233. The predicted molar refractivity (Wildman–Crippen MR) is 85.6 cm³/mol. The van der Waals surface area contributed by atoms with Crippen molar-refractivity contribution < 1.29 is 5.11 Å². The quantitative estimate of drug-likeness (QED) is 0.754. The fourth-order valence-electron chi connectivity index (χ4n) is 2.54. The highest BCUT2D eigenvalue weighted by molar-refractivity contribution is 6.35. The Labute approximate surface area is 126 Å². The van der Waals surface area contributed by atoms with E-state index in [2.05, 4.69) is 4.98 Å². The molecule has 3 nitrogen and oxygen atoms in total. The van der Waals surface area contributed by atoms with Crippen LogP contribution in [0.15, 0.2) is 53.3 Å². The fraction of sp³-hybridized carbons (Fsp3) is 0.118. The molecule has 1 unspecified atom stereocenters. The number of rotatable bonds is 2. The van der Waals surface area contributed by atoms with Crippen molar-refractivity contribution in [1.82, 2.24) is 4.98 Å². The van der Waals surface area contributed by atoms with Gasteiger partial charge in [0.2, 0.25) is 0 Å². The summed E-state index contributed by atoms with van der Waals surface area (Å²) in [5.74, 6) is 0. The van der Waals surface area contributed by atoms with Gasteiger partial charge in [0.15, 0.2) is 5.43 Å². The monoisotopic (exact) mass is 299 g/mol. The van der Waals surface area contributed by atoms with Crippen molar-refractivity contribution in [3.8, 4) is 11.3 Å². The lowest BCUT2D eigenvalue weighted by Crippen LogP contribution is -2.15. The highest BCUT2D eigenvalue weighted by atomic mass is 35.5. The van der Waals surface area contributed by atoms with E-state index in [0.717, 1.165) is 5.56 Å². The molecule has 2 aromatic carbocycles. The van der Waals surface area contributed by atoms with Gasteiger partial charge in [0, 0.05) is 0 Å². The summed E-state index contributed by atoms with van der Waals surface area (Å²) >= 11 is 6.14. The van der Waals surface area contributed by atoms with Gasteiger partial charge in [-0.15, -0.1) is 0 Å². The van der Waals surface area contributed by atoms with Gasteiger partial charge < -0.3 is 10.1 Å². The molecule has 1 aromatic heterocycles. The Bertz CT molecular complexity index is 854. The molecule has 0 aliphatic heterocycles. The van der Waals surface area contributed by atoms with E-state index in [4.69, 9.17) is 11.6 Å². The second-order valence-electron chi connectivity index (χ2n) is 4.95. The number of aromatic amines is 1. The summed E-state index contributed by atoms with van der Waals surface area (Å²) in [5, 5.41) is 10.8. The van der Waals surface area contributed by atoms with Crippen LogP contribution < -0.4 is 5.43 Å². The fourth-order valence-corrected chi connectivity index (χ4v) is 2.80. The lowest BCUT2D eigenvalue weighted by molar-refractivity contribution is 0.198. The second-order valence-corrected chi connectivity index (χ2v) is 5.35. The van der Waals surface area contributed by atoms with E-state index in [9.17, 15) is 9.90 Å².